The molecule has 0 aliphatic heterocycles. The number of aliphatic hydroxyl groups is 1. The van der Waals surface area contributed by atoms with Gasteiger partial charge in [-0.15, -0.1) is 0 Å². The molecule has 4 N–H and O–H groups in total. The third-order valence-corrected chi connectivity index (χ3v) is 5.45. The number of phenolic OH excluding ortho intramolecular Hbond substituents is 1. The topological polar surface area (TPSA) is 94.6 Å². The number of aromatic hydroxyl groups is 1. The molecule has 8 heteroatoms. The number of phenols is 1. The van der Waals surface area contributed by atoms with E-state index in [4.69, 9.17) is 4.74 Å². The Morgan fingerprint density at radius 3 is 2.55 bits per heavy atom. The SMILES string of the molecule is O=c1ccc2c(C[C@H](O)NCCCCCCOCC(F)(F)c3ccccc3)ccc(O)c2[nH]1. The molecule has 0 saturated carbocycles. The van der Waals surface area contributed by atoms with Crippen LogP contribution in [0.3, 0.4) is 0 Å². The Kier molecular flexibility index (Phi) is 8.94. The number of aromatic amines is 1. The summed E-state index contributed by atoms with van der Waals surface area (Å²) in [4.78, 5) is 14.1. The van der Waals surface area contributed by atoms with Crippen LogP contribution >= 0.6 is 0 Å². The molecule has 0 fully saturated rings. The van der Waals surface area contributed by atoms with Gasteiger partial charge in [0.2, 0.25) is 5.56 Å². The molecule has 0 amide bonds. The lowest BCUT2D eigenvalue weighted by atomic mass is 10.0. The number of nitrogens with one attached hydrogen (secondary N) is 2. The summed E-state index contributed by atoms with van der Waals surface area (Å²) in [5.41, 5.74) is 0.826. The van der Waals surface area contributed by atoms with Gasteiger partial charge in [-0.05, 0) is 37.1 Å². The average molecular weight is 461 g/mol. The van der Waals surface area contributed by atoms with Crippen molar-refractivity contribution in [3.05, 3.63) is 76.1 Å². The maximum Gasteiger partial charge on any atom is 0.296 e. The normalized spacial score (nSPS) is 12.8. The molecule has 33 heavy (non-hydrogen) atoms. The first-order valence-corrected chi connectivity index (χ1v) is 11.1. The van der Waals surface area contributed by atoms with Gasteiger partial charge in [0.1, 0.15) is 18.6 Å². The Bertz CT molecular complexity index is 1070. The van der Waals surface area contributed by atoms with Crippen molar-refractivity contribution in [2.24, 2.45) is 0 Å². The number of benzene rings is 2. The smallest absolute Gasteiger partial charge is 0.296 e. The van der Waals surface area contributed by atoms with Crippen LogP contribution in [0.1, 0.15) is 36.8 Å². The van der Waals surface area contributed by atoms with Gasteiger partial charge in [0.05, 0.1) is 5.52 Å². The number of H-pyrrole nitrogens is 1. The molecule has 3 rings (SSSR count). The Morgan fingerprint density at radius 2 is 1.76 bits per heavy atom. The third kappa shape index (κ3) is 7.35. The zero-order chi connectivity index (χ0) is 23.7. The summed E-state index contributed by atoms with van der Waals surface area (Å²) in [5.74, 6) is -3.00. The maximum absolute atomic E-state index is 14.0. The minimum Gasteiger partial charge on any atom is -0.506 e. The molecule has 0 radical (unpaired) electrons. The largest absolute Gasteiger partial charge is 0.506 e. The van der Waals surface area contributed by atoms with Gasteiger partial charge >= 0.3 is 0 Å². The highest BCUT2D eigenvalue weighted by Gasteiger charge is 2.31. The molecule has 0 aliphatic carbocycles. The van der Waals surface area contributed by atoms with E-state index in [0.717, 1.165) is 24.8 Å². The van der Waals surface area contributed by atoms with Crippen LogP contribution in [0, 0.1) is 0 Å². The summed E-state index contributed by atoms with van der Waals surface area (Å²) in [6.45, 7) is 0.278. The van der Waals surface area contributed by atoms with Crippen LogP contribution in [0.15, 0.2) is 59.4 Å². The van der Waals surface area contributed by atoms with Crippen LogP contribution in [0.4, 0.5) is 8.78 Å². The van der Waals surface area contributed by atoms with E-state index in [-0.39, 0.29) is 23.5 Å². The molecule has 0 bridgehead atoms. The summed E-state index contributed by atoms with van der Waals surface area (Å²) in [7, 11) is 0. The second-order valence-corrected chi connectivity index (χ2v) is 8.07. The summed E-state index contributed by atoms with van der Waals surface area (Å²) < 4.78 is 33.2. The van der Waals surface area contributed by atoms with E-state index in [2.05, 4.69) is 10.3 Å². The number of fused-ring (bicyclic) bond motifs is 1. The van der Waals surface area contributed by atoms with Crippen LogP contribution in [0.5, 0.6) is 5.75 Å². The fourth-order valence-electron chi connectivity index (χ4n) is 3.67. The standard InChI is InChI=1S/C25H30F2N2O4/c26-25(27,19-8-4-3-5-9-19)17-33-15-7-2-1-6-14-28-23(32)16-18-10-12-21(30)24-20(18)11-13-22(31)29-24/h3-5,8-13,23,28,30,32H,1-2,6-7,14-17H2,(H,29,31)/t23-/m0/s1. The molecular formula is C25H30F2N2O4. The fraction of sp³-hybridized carbons (Fsp3) is 0.400. The van der Waals surface area contributed by atoms with Crippen LogP contribution < -0.4 is 10.9 Å². The monoisotopic (exact) mass is 460 g/mol. The summed E-state index contributed by atoms with van der Waals surface area (Å²) in [6.07, 6.45) is 2.83. The minimum absolute atomic E-state index is 0.0123. The van der Waals surface area contributed by atoms with Gasteiger partial charge in [0, 0.05) is 30.0 Å². The zero-order valence-electron chi connectivity index (χ0n) is 18.4. The number of aromatic nitrogens is 1. The molecule has 0 spiro atoms. The summed E-state index contributed by atoms with van der Waals surface area (Å²) in [5, 5.41) is 24.0. The van der Waals surface area contributed by atoms with E-state index in [1.807, 2.05) is 0 Å². The molecule has 178 valence electrons. The molecule has 1 atom stereocenters. The highest BCUT2D eigenvalue weighted by Crippen LogP contribution is 2.28. The first-order chi connectivity index (χ1) is 15.9. The highest BCUT2D eigenvalue weighted by molar-refractivity contribution is 5.87. The van der Waals surface area contributed by atoms with Crippen LogP contribution in [0.25, 0.3) is 10.9 Å². The number of hydrogen-bond acceptors (Lipinski definition) is 5. The molecule has 1 heterocycles. The maximum atomic E-state index is 14.0. The van der Waals surface area contributed by atoms with Crippen molar-refractivity contribution in [3.63, 3.8) is 0 Å². The van der Waals surface area contributed by atoms with Crippen molar-refractivity contribution in [3.8, 4) is 5.75 Å². The van der Waals surface area contributed by atoms with Crippen molar-refractivity contribution in [1.29, 1.82) is 0 Å². The minimum atomic E-state index is -2.99. The number of aliphatic hydroxyl groups excluding tert-OH is 1. The van der Waals surface area contributed by atoms with Gasteiger partial charge in [-0.3, -0.25) is 10.1 Å². The zero-order valence-corrected chi connectivity index (χ0v) is 18.4. The third-order valence-electron chi connectivity index (χ3n) is 5.45. The van der Waals surface area contributed by atoms with Gasteiger partial charge in [0.25, 0.3) is 5.92 Å². The number of alkyl halides is 2. The van der Waals surface area contributed by atoms with E-state index in [1.54, 1.807) is 30.3 Å². The van der Waals surface area contributed by atoms with Gasteiger partial charge < -0.3 is 19.9 Å². The first kappa shape index (κ1) is 24.8. The van der Waals surface area contributed by atoms with Gasteiger partial charge in [-0.25, -0.2) is 0 Å². The Morgan fingerprint density at radius 1 is 1.00 bits per heavy atom. The predicted molar refractivity (Wildman–Crippen MR) is 124 cm³/mol. The van der Waals surface area contributed by atoms with E-state index in [9.17, 15) is 23.8 Å². The van der Waals surface area contributed by atoms with Crippen LogP contribution in [-0.2, 0) is 17.1 Å². The van der Waals surface area contributed by atoms with Crippen molar-refractivity contribution in [1.82, 2.24) is 10.3 Å². The van der Waals surface area contributed by atoms with E-state index < -0.39 is 18.8 Å². The van der Waals surface area contributed by atoms with E-state index >= 15 is 0 Å². The van der Waals surface area contributed by atoms with Crippen molar-refractivity contribution in [2.45, 2.75) is 44.3 Å². The molecule has 2 aromatic carbocycles. The Labute approximate surface area is 191 Å². The number of unbranched alkanes of at least 4 members (excludes halogenated alkanes) is 3. The predicted octanol–water partition coefficient (Wildman–Crippen LogP) is 4.05. The van der Waals surface area contributed by atoms with E-state index in [0.29, 0.717) is 30.3 Å². The average Bonchev–Trinajstić information content (AvgIpc) is 2.80. The molecule has 0 unspecified atom stereocenters. The van der Waals surface area contributed by atoms with Crippen molar-refractivity contribution < 1.29 is 23.7 Å². The van der Waals surface area contributed by atoms with Crippen LogP contribution in [-0.4, -0.2) is 41.2 Å². The lowest BCUT2D eigenvalue weighted by Gasteiger charge is -2.17. The van der Waals surface area contributed by atoms with Gasteiger partial charge in [-0.1, -0.05) is 49.2 Å². The quantitative estimate of drug-likeness (QED) is 0.228. The summed E-state index contributed by atoms with van der Waals surface area (Å²) >= 11 is 0. The number of hydrogen-bond donors (Lipinski definition) is 4. The second-order valence-electron chi connectivity index (χ2n) is 8.07. The van der Waals surface area contributed by atoms with Crippen LogP contribution in [0.2, 0.25) is 0 Å². The summed E-state index contributed by atoms with van der Waals surface area (Å²) in [6, 6.07) is 13.9. The number of pyridine rings is 1. The first-order valence-electron chi connectivity index (χ1n) is 11.1. The highest BCUT2D eigenvalue weighted by atomic mass is 19.3. The molecule has 6 nitrogen and oxygen atoms in total. The molecule has 0 saturated heterocycles. The van der Waals surface area contributed by atoms with E-state index in [1.165, 1.54) is 24.3 Å². The number of ether oxygens (including phenoxy) is 1. The molecule has 3 aromatic rings. The fourth-order valence-corrected chi connectivity index (χ4v) is 3.67. The molecule has 1 aromatic heterocycles. The van der Waals surface area contributed by atoms with Gasteiger partial charge in [0.15, 0.2) is 0 Å². The number of rotatable bonds is 13. The number of halogens is 2. The van der Waals surface area contributed by atoms with Gasteiger partial charge in [-0.2, -0.15) is 8.78 Å². The lowest BCUT2D eigenvalue weighted by Crippen LogP contribution is -2.31. The lowest BCUT2D eigenvalue weighted by molar-refractivity contribution is -0.0831. The van der Waals surface area contributed by atoms with Crippen molar-refractivity contribution >= 4 is 10.9 Å². The Balaban J connectivity index is 1.29. The second kappa shape index (κ2) is 11.9. The molecule has 0 aliphatic rings. The van der Waals surface area contributed by atoms with Crippen molar-refractivity contribution in [2.75, 3.05) is 19.8 Å². The Hall–Kier alpha value is -2.81. The molecular weight excluding hydrogens is 430 g/mol.